The second-order valence-corrected chi connectivity index (χ2v) is 4.90. The monoisotopic (exact) mass is 282 g/mol. The molecule has 0 radical (unpaired) electrons. The highest BCUT2D eigenvalue weighted by Gasteiger charge is 2.47. The van der Waals surface area contributed by atoms with Gasteiger partial charge in [-0.1, -0.05) is 0 Å². The van der Waals surface area contributed by atoms with Gasteiger partial charge in [0.15, 0.2) is 0 Å². The Labute approximate surface area is 114 Å². The number of carboxylic acid groups (broad SMARTS) is 1. The van der Waals surface area contributed by atoms with Crippen molar-refractivity contribution in [1.82, 2.24) is 5.32 Å². The molecule has 1 saturated heterocycles. The summed E-state index contributed by atoms with van der Waals surface area (Å²) in [7, 11) is 0. The van der Waals surface area contributed by atoms with Gasteiger partial charge in [-0.3, -0.25) is 4.79 Å². The van der Waals surface area contributed by atoms with E-state index in [0.717, 1.165) is 0 Å². The summed E-state index contributed by atoms with van der Waals surface area (Å²) in [4.78, 5) is 23.0. The lowest BCUT2D eigenvalue weighted by Crippen LogP contribution is -2.50. The molecule has 3 N–H and O–H groups in total. The smallest absolute Gasteiger partial charge is 0.319 e. The van der Waals surface area contributed by atoms with Crippen LogP contribution in [-0.2, 0) is 9.53 Å². The SMILES string of the molecule is CC1(C(=O)O)COCC1NC(=O)Nc1ccc(F)cc1. The molecule has 1 aromatic carbocycles. The molecule has 2 unspecified atom stereocenters. The first-order valence-corrected chi connectivity index (χ1v) is 6.06. The van der Waals surface area contributed by atoms with Crippen molar-refractivity contribution in [2.75, 3.05) is 18.5 Å². The van der Waals surface area contributed by atoms with Gasteiger partial charge in [0.05, 0.1) is 19.3 Å². The molecule has 1 aliphatic heterocycles. The van der Waals surface area contributed by atoms with Gasteiger partial charge in [0.25, 0.3) is 0 Å². The molecule has 7 heteroatoms. The van der Waals surface area contributed by atoms with Gasteiger partial charge in [-0.05, 0) is 31.2 Å². The van der Waals surface area contributed by atoms with Gasteiger partial charge in [-0.2, -0.15) is 0 Å². The van der Waals surface area contributed by atoms with Crippen LogP contribution in [0.25, 0.3) is 0 Å². The third-order valence-electron chi connectivity index (χ3n) is 3.35. The maximum atomic E-state index is 12.7. The topological polar surface area (TPSA) is 87.7 Å². The third kappa shape index (κ3) is 2.88. The Balaban J connectivity index is 1.98. The van der Waals surface area contributed by atoms with Crippen molar-refractivity contribution < 1.29 is 23.8 Å². The highest BCUT2D eigenvalue weighted by atomic mass is 19.1. The summed E-state index contributed by atoms with van der Waals surface area (Å²) in [6.45, 7) is 1.70. The highest BCUT2D eigenvalue weighted by molar-refractivity contribution is 5.90. The molecule has 0 saturated carbocycles. The van der Waals surface area contributed by atoms with E-state index in [1.165, 1.54) is 31.2 Å². The second-order valence-electron chi connectivity index (χ2n) is 4.90. The van der Waals surface area contributed by atoms with Crippen LogP contribution in [0.5, 0.6) is 0 Å². The Morgan fingerprint density at radius 2 is 2.05 bits per heavy atom. The summed E-state index contributed by atoms with van der Waals surface area (Å²) in [5.74, 6) is -1.43. The number of amides is 2. The van der Waals surface area contributed by atoms with Crippen LogP contribution in [0.4, 0.5) is 14.9 Å². The van der Waals surface area contributed by atoms with Crippen LogP contribution < -0.4 is 10.6 Å². The molecule has 0 spiro atoms. The molecule has 1 fully saturated rings. The number of carboxylic acids is 1. The Morgan fingerprint density at radius 1 is 1.40 bits per heavy atom. The predicted octanol–water partition coefficient (Wildman–Crippen LogP) is 1.44. The molecule has 1 aliphatic rings. The molecule has 20 heavy (non-hydrogen) atoms. The molecule has 0 bridgehead atoms. The first kappa shape index (κ1) is 14.3. The van der Waals surface area contributed by atoms with E-state index in [2.05, 4.69) is 10.6 Å². The minimum Gasteiger partial charge on any atom is -0.481 e. The number of urea groups is 1. The average Bonchev–Trinajstić information content (AvgIpc) is 2.75. The molecule has 1 heterocycles. The largest absolute Gasteiger partial charge is 0.481 e. The Hall–Kier alpha value is -2.15. The van der Waals surface area contributed by atoms with E-state index in [-0.39, 0.29) is 13.2 Å². The summed E-state index contributed by atoms with van der Waals surface area (Å²) >= 11 is 0. The van der Waals surface area contributed by atoms with E-state index >= 15 is 0 Å². The number of hydrogen-bond donors (Lipinski definition) is 3. The molecular formula is C13H15FN2O4. The van der Waals surface area contributed by atoms with Crippen LogP contribution in [0.1, 0.15) is 6.92 Å². The zero-order valence-electron chi connectivity index (χ0n) is 10.9. The van der Waals surface area contributed by atoms with Crippen LogP contribution >= 0.6 is 0 Å². The van der Waals surface area contributed by atoms with Gasteiger partial charge in [-0.25, -0.2) is 9.18 Å². The van der Waals surface area contributed by atoms with Crippen molar-refractivity contribution >= 4 is 17.7 Å². The molecule has 0 aromatic heterocycles. The fraction of sp³-hybridized carbons (Fsp3) is 0.385. The van der Waals surface area contributed by atoms with E-state index in [0.29, 0.717) is 5.69 Å². The van der Waals surface area contributed by atoms with Crippen molar-refractivity contribution in [3.63, 3.8) is 0 Å². The van der Waals surface area contributed by atoms with Gasteiger partial charge < -0.3 is 20.5 Å². The Bertz CT molecular complexity index is 520. The lowest BCUT2D eigenvalue weighted by Gasteiger charge is -2.25. The predicted molar refractivity (Wildman–Crippen MR) is 68.9 cm³/mol. The third-order valence-corrected chi connectivity index (χ3v) is 3.35. The van der Waals surface area contributed by atoms with Crippen molar-refractivity contribution in [2.45, 2.75) is 13.0 Å². The number of nitrogens with one attached hydrogen (secondary N) is 2. The maximum absolute atomic E-state index is 12.7. The Kier molecular flexibility index (Phi) is 3.89. The van der Waals surface area contributed by atoms with Crippen molar-refractivity contribution in [1.29, 1.82) is 0 Å². The lowest BCUT2D eigenvalue weighted by atomic mass is 9.85. The molecule has 108 valence electrons. The van der Waals surface area contributed by atoms with Crippen LogP contribution in [-0.4, -0.2) is 36.4 Å². The van der Waals surface area contributed by atoms with E-state index in [1.54, 1.807) is 0 Å². The zero-order valence-corrected chi connectivity index (χ0v) is 10.9. The summed E-state index contributed by atoms with van der Waals surface area (Å²) in [5, 5.41) is 14.3. The number of carbonyl (C=O) groups excluding carboxylic acids is 1. The molecule has 0 aliphatic carbocycles. The lowest BCUT2D eigenvalue weighted by molar-refractivity contribution is -0.148. The molecule has 6 nitrogen and oxygen atoms in total. The number of hydrogen-bond acceptors (Lipinski definition) is 3. The first-order valence-electron chi connectivity index (χ1n) is 6.06. The van der Waals surface area contributed by atoms with E-state index in [1.807, 2.05) is 0 Å². The number of rotatable bonds is 3. The van der Waals surface area contributed by atoms with E-state index < -0.39 is 29.3 Å². The summed E-state index contributed by atoms with van der Waals surface area (Å²) in [6, 6.07) is 4.08. The minimum atomic E-state index is -1.15. The molecule has 2 atom stereocenters. The van der Waals surface area contributed by atoms with Gasteiger partial charge in [0, 0.05) is 5.69 Å². The number of ether oxygens (including phenoxy) is 1. The van der Waals surface area contributed by atoms with Gasteiger partial charge in [0.2, 0.25) is 0 Å². The van der Waals surface area contributed by atoms with E-state index in [9.17, 15) is 19.1 Å². The second kappa shape index (κ2) is 5.46. The first-order chi connectivity index (χ1) is 9.41. The van der Waals surface area contributed by atoms with Crippen LogP contribution in [0.3, 0.4) is 0 Å². The van der Waals surface area contributed by atoms with E-state index in [4.69, 9.17) is 4.74 Å². The fourth-order valence-electron chi connectivity index (χ4n) is 1.94. The standard InChI is InChI=1S/C13H15FN2O4/c1-13(11(17)18)7-20-6-10(13)16-12(19)15-9-4-2-8(14)3-5-9/h2-5,10H,6-7H2,1H3,(H,17,18)(H2,15,16,19). The van der Waals surface area contributed by atoms with Crippen molar-refractivity contribution in [3.8, 4) is 0 Å². The normalized spacial score (nSPS) is 25.2. The summed E-state index contributed by atoms with van der Waals surface area (Å²) in [6.07, 6.45) is 0. The Morgan fingerprint density at radius 3 is 2.65 bits per heavy atom. The van der Waals surface area contributed by atoms with Gasteiger partial charge >= 0.3 is 12.0 Å². The fourth-order valence-corrected chi connectivity index (χ4v) is 1.94. The number of carbonyl (C=O) groups is 2. The summed E-state index contributed by atoms with van der Waals surface area (Å²) < 4.78 is 17.9. The van der Waals surface area contributed by atoms with Crippen LogP contribution in [0.2, 0.25) is 0 Å². The van der Waals surface area contributed by atoms with Crippen molar-refractivity contribution in [2.24, 2.45) is 5.41 Å². The molecule has 1 aromatic rings. The summed E-state index contributed by atoms with van der Waals surface area (Å²) in [5.41, 5.74) is -0.736. The molecule has 2 amide bonds. The molecular weight excluding hydrogens is 267 g/mol. The van der Waals surface area contributed by atoms with Crippen LogP contribution in [0, 0.1) is 11.2 Å². The number of aliphatic carboxylic acids is 1. The van der Waals surface area contributed by atoms with Crippen molar-refractivity contribution in [3.05, 3.63) is 30.1 Å². The number of anilines is 1. The maximum Gasteiger partial charge on any atom is 0.319 e. The quantitative estimate of drug-likeness (QED) is 0.782. The number of benzene rings is 1. The zero-order chi connectivity index (χ0) is 14.8. The minimum absolute atomic E-state index is 0.0455. The molecule has 2 rings (SSSR count). The van der Waals surface area contributed by atoms with Crippen LogP contribution in [0.15, 0.2) is 24.3 Å². The number of halogens is 1. The highest BCUT2D eigenvalue weighted by Crippen LogP contribution is 2.28. The van der Waals surface area contributed by atoms with Gasteiger partial charge in [0.1, 0.15) is 11.2 Å². The average molecular weight is 282 g/mol. The van der Waals surface area contributed by atoms with Gasteiger partial charge in [-0.15, -0.1) is 0 Å².